The number of benzene rings is 2. The first-order chi connectivity index (χ1) is 14.1. The second-order valence-electron chi connectivity index (χ2n) is 7.12. The van der Waals surface area contributed by atoms with Crippen LogP contribution in [-0.2, 0) is 13.0 Å². The molecule has 2 unspecified atom stereocenters. The van der Waals surface area contributed by atoms with Gasteiger partial charge in [0.25, 0.3) is 5.91 Å². The normalized spacial score (nSPS) is 19.5. The number of pyridine rings is 1. The Morgan fingerprint density at radius 3 is 2.90 bits per heavy atom. The Balaban J connectivity index is 1.48. The first kappa shape index (κ1) is 18.5. The van der Waals surface area contributed by atoms with Crippen LogP contribution in [0.25, 0.3) is 0 Å². The molecular formula is C22H18BrN3O2S. The minimum Gasteiger partial charge on any atom is -0.459 e. The number of carbonyl (C=O) groups is 1. The van der Waals surface area contributed by atoms with E-state index >= 15 is 0 Å². The molecule has 146 valence electrons. The number of ether oxygens (including phenoxy) is 1. The number of anilines is 1. The molecule has 0 fully saturated rings. The highest BCUT2D eigenvalue weighted by Crippen LogP contribution is 2.39. The van der Waals surface area contributed by atoms with Crippen LogP contribution in [0.2, 0.25) is 0 Å². The smallest absolute Gasteiger partial charge is 0.255 e. The maximum Gasteiger partial charge on any atom is 0.255 e. The Morgan fingerprint density at radius 1 is 1.17 bits per heavy atom. The van der Waals surface area contributed by atoms with Gasteiger partial charge in [-0.25, -0.2) is 0 Å². The van der Waals surface area contributed by atoms with Crippen molar-refractivity contribution >= 4 is 40.2 Å². The molecule has 5 rings (SSSR count). The van der Waals surface area contributed by atoms with E-state index in [1.54, 1.807) is 6.20 Å². The van der Waals surface area contributed by atoms with Crippen molar-refractivity contribution in [2.24, 2.45) is 0 Å². The lowest BCUT2D eigenvalue weighted by atomic mass is 10.0. The van der Waals surface area contributed by atoms with Crippen LogP contribution >= 0.6 is 28.6 Å². The van der Waals surface area contributed by atoms with Crippen molar-refractivity contribution in [1.82, 2.24) is 9.88 Å². The minimum absolute atomic E-state index is 0.0456. The highest BCUT2D eigenvalue weighted by Gasteiger charge is 2.37. The molecule has 1 N–H and O–H groups in total. The molecule has 1 aromatic heterocycles. The molecule has 3 aromatic rings. The topological polar surface area (TPSA) is 54.5 Å². The molecule has 0 saturated heterocycles. The van der Waals surface area contributed by atoms with Crippen molar-refractivity contribution in [2.75, 3.05) is 5.32 Å². The molecule has 0 aliphatic carbocycles. The van der Waals surface area contributed by atoms with Gasteiger partial charge in [-0.15, -0.1) is 12.6 Å². The fourth-order valence-corrected chi connectivity index (χ4v) is 4.63. The largest absolute Gasteiger partial charge is 0.459 e. The lowest BCUT2D eigenvalue weighted by Crippen LogP contribution is -2.29. The van der Waals surface area contributed by atoms with Crippen molar-refractivity contribution < 1.29 is 9.53 Å². The second kappa shape index (κ2) is 7.39. The Bertz CT molecular complexity index is 1110. The SMILES string of the molecule is O=C1c2ccccc2C(Cc2ncccc2Br)N1Cc1ccc2c(c1)OC(S)N2. The van der Waals surface area contributed by atoms with Gasteiger partial charge in [0, 0.05) is 29.2 Å². The monoisotopic (exact) mass is 467 g/mol. The number of nitrogens with one attached hydrogen (secondary N) is 1. The van der Waals surface area contributed by atoms with Gasteiger partial charge in [0.05, 0.1) is 17.4 Å². The maximum absolute atomic E-state index is 13.2. The van der Waals surface area contributed by atoms with Gasteiger partial charge in [-0.05, 0) is 57.4 Å². The fraction of sp³-hybridized carbons (Fsp3) is 0.182. The summed E-state index contributed by atoms with van der Waals surface area (Å²) in [5, 5.41) is 3.14. The average molecular weight is 468 g/mol. The first-order valence-corrected chi connectivity index (χ1v) is 10.6. The highest BCUT2D eigenvalue weighted by molar-refractivity contribution is 9.10. The predicted octanol–water partition coefficient (Wildman–Crippen LogP) is 4.80. The number of carbonyl (C=O) groups excluding carboxylic acids is 1. The summed E-state index contributed by atoms with van der Waals surface area (Å²) in [6.45, 7) is 0.497. The van der Waals surface area contributed by atoms with Crippen LogP contribution in [0.15, 0.2) is 65.3 Å². The third-order valence-electron chi connectivity index (χ3n) is 5.33. The number of hydrogen-bond acceptors (Lipinski definition) is 5. The fourth-order valence-electron chi connectivity index (χ4n) is 3.96. The van der Waals surface area contributed by atoms with Gasteiger partial charge < -0.3 is 15.0 Å². The molecule has 0 saturated carbocycles. The molecule has 7 heteroatoms. The van der Waals surface area contributed by atoms with Crippen molar-refractivity contribution in [1.29, 1.82) is 0 Å². The molecule has 29 heavy (non-hydrogen) atoms. The van der Waals surface area contributed by atoms with E-state index in [9.17, 15) is 4.79 Å². The Morgan fingerprint density at radius 2 is 2.03 bits per heavy atom. The molecule has 5 nitrogen and oxygen atoms in total. The Hall–Kier alpha value is -2.51. The molecule has 0 spiro atoms. The van der Waals surface area contributed by atoms with Gasteiger partial charge >= 0.3 is 0 Å². The van der Waals surface area contributed by atoms with Crippen molar-refractivity contribution in [3.63, 3.8) is 0 Å². The van der Waals surface area contributed by atoms with Gasteiger partial charge in [-0.1, -0.05) is 24.3 Å². The van der Waals surface area contributed by atoms with Gasteiger partial charge in [0.2, 0.25) is 5.56 Å². The summed E-state index contributed by atoms with van der Waals surface area (Å²) in [6, 6.07) is 17.6. The number of halogens is 1. The summed E-state index contributed by atoms with van der Waals surface area (Å²) >= 11 is 7.89. The van der Waals surface area contributed by atoms with E-state index in [0.29, 0.717) is 13.0 Å². The standard InChI is InChI=1S/C22H18BrN3O2S/c23-16-6-3-9-24-18(16)11-19-14-4-1-2-5-15(14)21(27)26(19)12-13-7-8-17-20(10-13)28-22(29)25-17/h1-10,19,22,25,29H,11-12H2. The molecular weight excluding hydrogens is 450 g/mol. The van der Waals surface area contributed by atoms with Gasteiger partial charge in [-0.2, -0.15) is 0 Å². The average Bonchev–Trinajstić information content (AvgIpc) is 3.21. The molecule has 1 amide bonds. The number of hydrogen-bond donors (Lipinski definition) is 2. The van der Waals surface area contributed by atoms with Gasteiger partial charge in [-0.3, -0.25) is 9.78 Å². The van der Waals surface area contributed by atoms with Crippen LogP contribution in [-0.4, -0.2) is 21.4 Å². The zero-order chi connectivity index (χ0) is 20.0. The predicted molar refractivity (Wildman–Crippen MR) is 118 cm³/mol. The van der Waals surface area contributed by atoms with Crippen molar-refractivity contribution in [2.45, 2.75) is 24.6 Å². The molecule has 2 aliphatic rings. The molecule has 0 radical (unpaired) electrons. The van der Waals surface area contributed by atoms with Crippen LogP contribution in [0.5, 0.6) is 5.75 Å². The third kappa shape index (κ3) is 3.38. The zero-order valence-corrected chi connectivity index (χ0v) is 17.9. The van der Waals surface area contributed by atoms with Crippen molar-refractivity contribution in [3.05, 3.63) is 87.7 Å². The minimum atomic E-state index is -0.341. The summed E-state index contributed by atoms with van der Waals surface area (Å²) < 4.78 is 6.62. The summed E-state index contributed by atoms with van der Waals surface area (Å²) in [5.74, 6) is 0.806. The number of fused-ring (bicyclic) bond motifs is 2. The maximum atomic E-state index is 13.2. The third-order valence-corrected chi connectivity index (χ3v) is 6.28. The molecule has 2 atom stereocenters. The van der Waals surface area contributed by atoms with E-state index in [4.69, 9.17) is 4.74 Å². The number of thiol groups is 1. The molecule has 2 aromatic carbocycles. The van der Waals surface area contributed by atoms with Crippen LogP contribution in [0.4, 0.5) is 5.69 Å². The first-order valence-electron chi connectivity index (χ1n) is 9.33. The summed E-state index contributed by atoms with van der Waals surface area (Å²) in [6.07, 6.45) is 2.43. The second-order valence-corrected chi connectivity index (χ2v) is 8.44. The zero-order valence-electron chi connectivity index (χ0n) is 15.4. The Labute approximate surface area is 182 Å². The number of aromatic nitrogens is 1. The van der Waals surface area contributed by atoms with E-state index in [2.05, 4.69) is 38.9 Å². The van der Waals surface area contributed by atoms with Crippen LogP contribution in [0.3, 0.4) is 0 Å². The Kier molecular flexibility index (Phi) is 4.72. The van der Waals surface area contributed by atoms with Gasteiger partial charge in [0.1, 0.15) is 5.75 Å². The summed E-state index contributed by atoms with van der Waals surface area (Å²) in [7, 11) is 0. The quantitative estimate of drug-likeness (QED) is 0.541. The van der Waals surface area contributed by atoms with E-state index in [1.165, 1.54) is 0 Å². The lowest BCUT2D eigenvalue weighted by molar-refractivity contribution is 0.0708. The van der Waals surface area contributed by atoms with Crippen LogP contribution < -0.4 is 10.1 Å². The molecule has 2 aliphatic heterocycles. The summed E-state index contributed by atoms with van der Waals surface area (Å²) in [5.41, 5.74) is 4.33. The molecule has 3 heterocycles. The lowest BCUT2D eigenvalue weighted by Gasteiger charge is -2.26. The van der Waals surface area contributed by atoms with E-state index in [-0.39, 0.29) is 17.5 Å². The number of amides is 1. The molecule has 0 bridgehead atoms. The van der Waals surface area contributed by atoms with Crippen LogP contribution in [0.1, 0.15) is 33.2 Å². The van der Waals surface area contributed by atoms with E-state index in [0.717, 1.165) is 38.3 Å². The number of rotatable bonds is 4. The van der Waals surface area contributed by atoms with Gasteiger partial charge in [0.15, 0.2) is 0 Å². The summed E-state index contributed by atoms with van der Waals surface area (Å²) in [4.78, 5) is 19.7. The van der Waals surface area contributed by atoms with E-state index in [1.807, 2.05) is 59.5 Å². The number of nitrogens with zero attached hydrogens (tertiary/aromatic N) is 2. The van der Waals surface area contributed by atoms with E-state index < -0.39 is 0 Å². The highest BCUT2D eigenvalue weighted by atomic mass is 79.9. The van der Waals surface area contributed by atoms with Crippen LogP contribution in [0, 0.1) is 0 Å². The van der Waals surface area contributed by atoms with Crippen molar-refractivity contribution in [3.8, 4) is 5.75 Å².